The van der Waals surface area contributed by atoms with Crippen molar-refractivity contribution in [2.24, 2.45) is 11.7 Å². The SMILES string of the molecule is CCC(C)OC(=O)C1CCCCCC1N. The number of ether oxygens (including phenoxy) is 1. The maximum Gasteiger partial charge on any atom is 0.310 e. The molecule has 0 aromatic carbocycles. The molecule has 2 N–H and O–H groups in total. The first-order valence-corrected chi connectivity index (χ1v) is 6.11. The largest absolute Gasteiger partial charge is 0.462 e. The molecule has 3 unspecified atom stereocenters. The molecular weight excluding hydrogens is 190 g/mol. The van der Waals surface area contributed by atoms with Crippen molar-refractivity contribution in [3.63, 3.8) is 0 Å². The normalized spacial score (nSPS) is 29.3. The first kappa shape index (κ1) is 12.5. The Hall–Kier alpha value is -0.570. The van der Waals surface area contributed by atoms with Crippen LogP contribution in [0.2, 0.25) is 0 Å². The molecule has 3 heteroatoms. The minimum Gasteiger partial charge on any atom is -0.462 e. The molecule has 0 saturated heterocycles. The maximum absolute atomic E-state index is 11.8. The summed E-state index contributed by atoms with van der Waals surface area (Å²) in [5.41, 5.74) is 6.00. The molecule has 0 spiro atoms. The zero-order chi connectivity index (χ0) is 11.3. The summed E-state index contributed by atoms with van der Waals surface area (Å²) in [5, 5.41) is 0. The van der Waals surface area contributed by atoms with Crippen LogP contribution in [0.25, 0.3) is 0 Å². The number of rotatable bonds is 3. The van der Waals surface area contributed by atoms with Gasteiger partial charge in [0.2, 0.25) is 0 Å². The molecule has 0 aliphatic heterocycles. The Bertz CT molecular complexity index is 206. The maximum atomic E-state index is 11.8. The van der Waals surface area contributed by atoms with Crippen molar-refractivity contribution in [3.8, 4) is 0 Å². The molecule has 0 aromatic heterocycles. The molecule has 0 bridgehead atoms. The molecule has 1 rings (SSSR count). The second-order valence-corrected chi connectivity index (χ2v) is 4.56. The number of esters is 1. The zero-order valence-electron chi connectivity index (χ0n) is 9.87. The molecule has 0 aromatic rings. The third-order valence-electron chi connectivity index (χ3n) is 3.26. The summed E-state index contributed by atoms with van der Waals surface area (Å²) < 4.78 is 5.35. The molecule has 3 nitrogen and oxygen atoms in total. The standard InChI is InChI=1S/C12H23NO2/c1-3-9(2)15-12(14)10-7-5-4-6-8-11(10)13/h9-11H,3-8,13H2,1-2H3. The highest BCUT2D eigenvalue weighted by Gasteiger charge is 2.28. The summed E-state index contributed by atoms with van der Waals surface area (Å²) in [6.07, 6.45) is 6.20. The van der Waals surface area contributed by atoms with Crippen LogP contribution in [0.5, 0.6) is 0 Å². The minimum absolute atomic E-state index is 0.00376. The van der Waals surface area contributed by atoms with E-state index >= 15 is 0 Å². The summed E-state index contributed by atoms with van der Waals surface area (Å²) in [4.78, 5) is 11.8. The van der Waals surface area contributed by atoms with Gasteiger partial charge in [0.05, 0.1) is 12.0 Å². The Morgan fingerprint density at radius 3 is 2.73 bits per heavy atom. The van der Waals surface area contributed by atoms with Crippen LogP contribution in [-0.4, -0.2) is 18.1 Å². The van der Waals surface area contributed by atoms with Crippen LogP contribution < -0.4 is 5.73 Å². The summed E-state index contributed by atoms with van der Waals surface area (Å²) in [6, 6.07) is 0.00376. The fourth-order valence-electron chi connectivity index (χ4n) is 2.00. The molecule has 1 aliphatic carbocycles. The van der Waals surface area contributed by atoms with Gasteiger partial charge in [0, 0.05) is 6.04 Å². The van der Waals surface area contributed by atoms with Crippen LogP contribution in [0.15, 0.2) is 0 Å². The molecule has 0 radical (unpaired) electrons. The molecule has 1 saturated carbocycles. The van der Waals surface area contributed by atoms with Gasteiger partial charge in [-0.15, -0.1) is 0 Å². The monoisotopic (exact) mass is 213 g/mol. The number of hydrogen-bond acceptors (Lipinski definition) is 3. The highest BCUT2D eigenvalue weighted by atomic mass is 16.5. The third kappa shape index (κ3) is 3.82. The summed E-state index contributed by atoms with van der Waals surface area (Å²) in [7, 11) is 0. The van der Waals surface area contributed by atoms with Crippen LogP contribution in [0.4, 0.5) is 0 Å². The number of hydrogen-bond donors (Lipinski definition) is 1. The highest BCUT2D eigenvalue weighted by molar-refractivity contribution is 5.73. The van der Waals surface area contributed by atoms with Gasteiger partial charge in [-0.1, -0.05) is 26.2 Å². The lowest BCUT2D eigenvalue weighted by Crippen LogP contribution is -2.36. The van der Waals surface area contributed by atoms with Gasteiger partial charge in [-0.25, -0.2) is 0 Å². The smallest absolute Gasteiger partial charge is 0.310 e. The molecule has 88 valence electrons. The van der Waals surface area contributed by atoms with E-state index < -0.39 is 0 Å². The van der Waals surface area contributed by atoms with Gasteiger partial charge in [0.1, 0.15) is 0 Å². The van der Waals surface area contributed by atoms with E-state index in [2.05, 4.69) is 0 Å². The number of carbonyl (C=O) groups is 1. The minimum atomic E-state index is -0.0845. The summed E-state index contributed by atoms with van der Waals surface area (Å²) in [6.45, 7) is 3.95. The highest BCUT2D eigenvalue weighted by Crippen LogP contribution is 2.23. The first-order valence-electron chi connectivity index (χ1n) is 6.11. The van der Waals surface area contributed by atoms with E-state index in [-0.39, 0.29) is 24.0 Å². The Labute approximate surface area is 92.4 Å². The Morgan fingerprint density at radius 2 is 2.07 bits per heavy atom. The van der Waals surface area contributed by atoms with E-state index in [0.29, 0.717) is 0 Å². The van der Waals surface area contributed by atoms with E-state index in [1.54, 1.807) is 0 Å². The molecule has 3 atom stereocenters. The third-order valence-corrected chi connectivity index (χ3v) is 3.26. The van der Waals surface area contributed by atoms with Crippen LogP contribution in [-0.2, 0) is 9.53 Å². The molecular formula is C12H23NO2. The van der Waals surface area contributed by atoms with Gasteiger partial charge >= 0.3 is 5.97 Å². The lowest BCUT2D eigenvalue weighted by molar-refractivity contribution is -0.154. The van der Waals surface area contributed by atoms with Crippen molar-refractivity contribution in [2.45, 2.75) is 64.5 Å². The average molecular weight is 213 g/mol. The van der Waals surface area contributed by atoms with Gasteiger partial charge in [-0.05, 0) is 26.2 Å². The van der Waals surface area contributed by atoms with Gasteiger partial charge in [-0.3, -0.25) is 4.79 Å². The number of nitrogens with two attached hydrogens (primary N) is 1. The summed E-state index contributed by atoms with van der Waals surface area (Å²) >= 11 is 0. The fraction of sp³-hybridized carbons (Fsp3) is 0.917. The van der Waals surface area contributed by atoms with Crippen LogP contribution in [0.1, 0.15) is 52.4 Å². The van der Waals surface area contributed by atoms with Crippen molar-refractivity contribution in [1.29, 1.82) is 0 Å². The Balaban J connectivity index is 2.48. The number of carbonyl (C=O) groups excluding carboxylic acids is 1. The Kier molecular flexibility index (Phi) is 5.09. The van der Waals surface area contributed by atoms with Crippen molar-refractivity contribution in [3.05, 3.63) is 0 Å². The molecule has 1 aliphatic rings. The lowest BCUT2D eigenvalue weighted by Gasteiger charge is -2.21. The van der Waals surface area contributed by atoms with Crippen molar-refractivity contribution in [2.75, 3.05) is 0 Å². The van der Waals surface area contributed by atoms with Crippen LogP contribution >= 0.6 is 0 Å². The first-order chi connectivity index (χ1) is 7.15. The second kappa shape index (κ2) is 6.11. The van der Waals surface area contributed by atoms with E-state index in [1.807, 2.05) is 13.8 Å². The zero-order valence-corrected chi connectivity index (χ0v) is 9.87. The van der Waals surface area contributed by atoms with Gasteiger partial charge in [0.15, 0.2) is 0 Å². The van der Waals surface area contributed by atoms with Crippen molar-refractivity contribution >= 4 is 5.97 Å². The molecule has 0 amide bonds. The predicted octanol–water partition coefficient (Wildman–Crippen LogP) is 2.24. The quantitative estimate of drug-likeness (QED) is 0.578. The predicted molar refractivity (Wildman–Crippen MR) is 60.4 cm³/mol. The van der Waals surface area contributed by atoms with E-state index in [9.17, 15) is 4.79 Å². The Morgan fingerprint density at radius 1 is 1.40 bits per heavy atom. The van der Waals surface area contributed by atoms with Crippen LogP contribution in [0, 0.1) is 5.92 Å². The van der Waals surface area contributed by atoms with E-state index in [1.165, 1.54) is 6.42 Å². The van der Waals surface area contributed by atoms with E-state index in [4.69, 9.17) is 10.5 Å². The van der Waals surface area contributed by atoms with E-state index in [0.717, 1.165) is 32.1 Å². The van der Waals surface area contributed by atoms with Gasteiger partial charge < -0.3 is 10.5 Å². The molecule has 15 heavy (non-hydrogen) atoms. The van der Waals surface area contributed by atoms with Crippen LogP contribution in [0.3, 0.4) is 0 Å². The topological polar surface area (TPSA) is 52.3 Å². The molecule has 0 heterocycles. The van der Waals surface area contributed by atoms with Gasteiger partial charge in [0.25, 0.3) is 0 Å². The van der Waals surface area contributed by atoms with Crippen molar-refractivity contribution in [1.82, 2.24) is 0 Å². The fourth-order valence-corrected chi connectivity index (χ4v) is 2.00. The van der Waals surface area contributed by atoms with Gasteiger partial charge in [-0.2, -0.15) is 0 Å². The lowest BCUT2D eigenvalue weighted by atomic mass is 9.96. The summed E-state index contributed by atoms with van der Waals surface area (Å²) in [5.74, 6) is -0.153. The van der Waals surface area contributed by atoms with Crippen molar-refractivity contribution < 1.29 is 9.53 Å². The second-order valence-electron chi connectivity index (χ2n) is 4.56. The molecule has 1 fully saturated rings. The average Bonchev–Trinajstić information content (AvgIpc) is 2.42.